The molecule has 0 radical (unpaired) electrons. The van der Waals surface area contributed by atoms with Gasteiger partial charge in [0.15, 0.2) is 5.78 Å². The predicted molar refractivity (Wildman–Crippen MR) is 42.9 cm³/mol. The fourth-order valence-corrected chi connectivity index (χ4v) is 0.962. The van der Waals surface area contributed by atoms with E-state index < -0.39 is 23.9 Å². The van der Waals surface area contributed by atoms with E-state index in [0.717, 1.165) is 12.1 Å². The number of benzene rings is 1. The van der Waals surface area contributed by atoms with Crippen LogP contribution in [0.1, 0.15) is 10.4 Å². The number of aromatic hydroxyl groups is 3. The molecule has 5 heteroatoms. The van der Waals surface area contributed by atoms with Crippen molar-refractivity contribution in [3.05, 3.63) is 17.7 Å². The Balaban J connectivity index is 3.28. The van der Waals surface area contributed by atoms with Crippen molar-refractivity contribution in [2.75, 3.05) is 6.61 Å². The Hall–Kier alpha value is -1.75. The van der Waals surface area contributed by atoms with Crippen molar-refractivity contribution in [1.29, 1.82) is 0 Å². The number of carbonyl (C=O) groups excluding carboxylic acids is 1. The molecular formula is C8H8O5. The second-order valence-corrected chi connectivity index (χ2v) is 2.44. The minimum atomic E-state index is -0.814. The van der Waals surface area contributed by atoms with Crippen molar-refractivity contribution in [1.82, 2.24) is 0 Å². The van der Waals surface area contributed by atoms with Gasteiger partial charge in [-0.05, 0) is 0 Å². The molecule has 1 aromatic carbocycles. The van der Waals surface area contributed by atoms with Gasteiger partial charge in [0.25, 0.3) is 0 Å². The lowest BCUT2D eigenvalue weighted by atomic mass is 10.1. The molecule has 0 aliphatic carbocycles. The molecule has 0 saturated carbocycles. The van der Waals surface area contributed by atoms with Crippen LogP contribution >= 0.6 is 0 Å². The summed E-state index contributed by atoms with van der Waals surface area (Å²) in [4.78, 5) is 10.9. The van der Waals surface area contributed by atoms with E-state index in [0.29, 0.717) is 0 Å². The van der Waals surface area contributed by atoms with Crippen LogP contribution in [0.25, 0.3) is 0 Å². The van der Waals surface area contributed by atoms with E-state index in [-0.39, 0.29) is 11.3 Å². The highest BCUT2D eigenvalue weighted by Gasteiger charge is 2.16. The summed E-state index contributed by atoms with van der Waals surface area (Å²) >= 11 is 0. The number of aliphatic hydroxyl groups excluding tert-OH is 1. The highest BCUT2D eigenvalue weighted by molar-refractivity contribution is 6.02. The van der Waals surface area contributed by atoms with E-state index in [4.69, 9.17) is 20.4 Å². The number of ketones is 1. The molecule has 0 fully saturated rings. The maximum Gasteiger partial charge on any atom is 0.195 e. The zero-order chi connectivity index (χ0) is 10.0. The first-order valence-electron chi connectivity index (χ1n) is 3.45. The summed E-state index contributed by atoms with van der Waals surface area (Å²) in [6, 6.07) is 1.81. The van der Waals surface area contributed by atoms with Crippen LogP contribution in [0.2, 0.25) is 0 Å². The largest absolute Gasteiger partial charge is 0.508 e. The molecule has 4 N–H and O–H groups in total. The third kappa shape index (κ3) is 1.70. The molecule has 1 aromatic rings. The average molecular weight is 184 g/mol. The van der Waals surface area contributed by atoms with Gasteiger partial charge >= 0.3 is 0 Å². The van der Waals surface area contributed by atoms with Crippen molar-refractivity contribution in [3.8, 4) is 17.2 Å². The van der Waals surface area contributed by atoms with Crippen molar-refractivity contribution in [2.24, 2.45) is 0 Å². The van der Waals surface area contributed by atoms with Crippen molar-refractivity contribution >= 4 is 5.78 Å². The van der Waals surface area contributed by atoms with Gasteiger partial charge < -0.3 is 20.4 Å². The first-order chi connectivity index (χ1) is 6.06. The van der Waals surface area contributed by atoms with Crippen molar-refractivity contribution in [2.45, 2.75) is 0 Å². The molecule has 13 heavy (non-hydrogen) atoms. The number of phenolic OH excluding ortho intramolecular Hbond substituents is 3. The lowest BCUT2D eigenvalue weighted by molar-refractivity contribution is 0.0898. The average Bonchev–Trinajstić information content (AvgIpc) is 2.02. The molecule has 0 atom stereocenters. The zero-order valence-corrected chi connectivity index (χ0v) is 6.56. The fourth-order valence-electron chi connectivity index (χ4n) is 0.962. The lowest BCUT2D eigenvalue weighted by Gasteiger charge is -2.04. The van der Waals surface area contributed by atoms with E-state index in [2.05, 4.69) is 0 Å². The summed E-state index contributed by atoms with van der Waals surface area (Å²) in [6.45, 7) is -0.814. The minimum absolute atomic E-state index is 0.357. The molecule has 0 aromatic heterocycles. The molecular weight excluding hydrogens is 176 g/mol. The molecule has 0 bridgehead atoms. The maximum atomic E-state index is 10.9. The Morgan fingerprint density at radius 3 is 2.00 bits per heavy atom. The standard InChI is InChI=1S/C8H8O5/c9-3-7(13)8-5(11)1-4(10)2-6(8)12/h1-2,9-12H,3H2. The van der Waals surface area contributed by atoms with Crippen molar-refractivity contribution < 1.29 is 25.2 Å². The molecule has 0 aliphatic rings. The highest BCUT2D eigenvalue weighted by Crippen LogP contribution is 2.31. The number of phenols is 3. The molecule has 0 unspecified atom stereocenters. The SMILES string of the molecule is O=C(CO)c1c(O)cc(O)cc1O. The highest BCUT2D eigenvalue weighted by atomic mass is 16.3. The Morgan fingerprint density at radius 1 is 1.15 bits per heavy atom. The summed E-state index contributed by atoms with van der Waals surface area (Å²) in [5, 5.41) is 35.6. The Bertz CT molecular complexity index is 321. The quantitative estimate of drug-likeness (QED) is 0.484. The number of carbonyl (C=O) groups is 1. The molecule has 70 valence electrons. The number of hydrogen-bond donors (Lipinski definition) is 4. The fraction of sp³-hybridized carbons (Fsp3) is 0.125. The van der Waals surface area contributed by atoms with Crippen LogP contribution in [0.4, 0.5) is 0 Å². The lowest BCUT2D eigenvalue weighted by Crippen LogP contribution is -2.04. The molecule has 0 aliphatic heterocycles. The first-order valence-corrected chi connectivity index (χ1v) is 3.45. The Morgan fingerprint density at radius 2 is 1.62 bits per heavy atom. The van der Waals surface area contributed by atoms with Gasteiger partial charge in [-0.2, -0.15) is 0 Å². The second-order valence-electron chi connectivity index (χ2n) is 2.44. The normalized spacial score (nSPS) is 9.92. The van der Waals surface area contributed by atoms with Gasteiger partial charge in [-0.3, -0.25) is 4.79 Å². The van der Waals surface area contributed by atoms with Gasteiger partial charge in [0, 0.05) is 12.1 Å². The molecule has 0 saturated heterocycles. The topological polar surface area (TPSA) is 98.0 Å². The molecule has 0 amide bonds. The Kier molecular flexibility index (Phi) is 2.39. The van der Waals surface area contributed by atoms with E-state index in [1.165, 1.54) is 0 Å². The number of Topliss-reactive ketones (excluding diaryl/α,β-unsaturated/α-hetero) is 1. The Labute approximate surface area is 73.5 Å². The van der Waals surface area contributed by atoms with Gasteiger partial charge in [0.2, 0.25) is 0 Å². The minimum Gasteiger partial charge on any atom is -0.508 e. The van der Waals surface area contributed by atoms with Gasteiger partial charge in [0.1, 0.15) is 29.4 Å². The number of aliphatic hydroxyl groups is 1. The van der Waals surface area contributed by atoms with E-state index in [9.17, 15) is 4.79 Å². The van der Waals surface area contributed by atoms with Crippen LogP contribution in [0.15, 0.2) is 12.1 Å². The summed E-state index contributed by atoms with van der Waals surface area (Å²) in [7, 11) is 0. The van der Waals surface area contributed by atoms with Gasteiger partial charge in [-0.1, -0.05) is 0 Å². The van der Waals surface area contributed by atoms with Crippen LogP contribution in [-0.2, 0) is 0 Å². The number of rotatable bonds is 2. The predicted octanol–water partition coefficient (Wildman–Crippen LogP) is -0.0216. The van der Waals surface area contributed by atoms with Crippen LogP contribution in [-0.4, -0.2) is 32.8 Å². The van der Waals surface area contributed by atoms with Crippen molar-refractivity contribution in [3.63, 3.8) is 0 Å². The third-order valence-electron chi connectivity index (χ3n) is 1.50. The maximum absolute atomic E-state index is 10.9. The third-order valence-corrected chi connectivity index (χ3v) is 1.50. The monoisotopic (exact) mass is 184 g/mol. The summed E-state index contributed by atoms with van der Waals surface area (Å²) in [5.41, 5.74) is -0.389. The number of hydrogen-bond acceptors (Lipinski definition) is 5. The smallest absolute Gasteiger partial charge is 0.195 e. The van der Waals surface area contributed by atoms with Gasteiger partial charge in [-0.15, -0.1) is 0 Å². The summed E-state index contributed by atoms with van der Waals surface area (Å²) < 4.78 is 0. The van der Waals surface area contributed by atoms with Crippen LogP contribution < -0.4 is 0 Å². The molecule has 0 spiro atoms. The summed E-state index contributed by atoms with van der Waals surface area (Å²) in [6.07, 6.45) is 0. The van der Waals surface area contributed by atoms with Crippen LogP contribution in [0.3, 0.4) is 0 Å². The summed E-state index contributed by atoms with van der Waals surface area (Å²) in [5.74, 6) is -2.28. The van der Waals surface area contributed by atoms with Crippen LogP contribution in [0, 0.1) is 0 Å². The zero-order valence-electron chi connectivity index (χ0n) is 6.56. The van der Waals surface area contributed by atoms with E-state index in [1.807, 2.05) is 0 Å². The molecule has 5 nitrogen and oxygen atoms in total. The second kappa shape index (κ2) is 3.32. The first kappa shape index (κ1) is 9.34. The van der Waals surface area contributed by atoms with E-state index in [1.54, 1.807) is 0 Å². The van der Waals surface area contributed by atoms with E-state index >= 15 is 0 Å². The molecule has 1 rings (SSSR count). The van der Waals surface area contributed by atoms with Gasteiger partial charge in [-0.25, -0.2) is 0 Å². The van der Waals surface area contributed by atoms with Gasteiger partial charge in [0.05, 0.1) is 0 Å². The molecule has 0 heterocycles. The van der Waals surface area contributed by atoms with Crippen LogP contribution in [0.5, 0.6) is 17.2 Å².